The van der Waals surface area contributed by atoms with E-state index in [1.807, 2.05) is 23.9 Å². The van der Waals surface area contributed by atoms with Gasteiger partial charge in [0.1, 0.15) is 0 Å². The van der Waals surface area contributed by atoms with Crippen molar-refractivity contribution in [2.45, 2.75) is 13.5 Å². The summed E-state index contributed by atoms with van der Waals surface area (Å²) in [6.07, 6.45) is 0. The van der Waals surface area contributed by atoms with E-state index in [-0.39, 0.29) is 0 Å². The van der Waals surface area contributed by atoms with Crippen LogP contribution in [-0.2, 0) is 18.4 Å². The van der Waals surface area contributed by atoms with Crippen molar-refractivity contribution < 1.29 is 4.74 Å². The summed E-state index contributed by atoms with van der Waals surface area (Å²) in [4.78, 5) is 0. The minimum absolute atomic E-state index is 0.576. The molecule has 2 aromatic rings. The Labute approximate surface area is 102 Å². The third-order valence-corrected chi connectivity index (χ3v) is 2.75. The summed E-state index contributed by atoms with van der Waals surface area (Å²) >= 11 is 0. The molecular formula is C13H19N3O. The highest BCUT2D eigenvalue weighted by atomic mass is 16.5. The van der Waals surface area contributed by atoms with Gasteiger partial charge in [0, 0.05) is 19.0 Å². The van der Waals surface area contributed by atoms with Crippen molar-refractivity contribution in [2.75, 3.05) is 19.7 Å². The molecule has 4 heteroatoms. The van der Waals surface area contributed by atoms with E-state index in [1.54, 1.807) is 0 Å². The second kappa shape index (κ2) is 5.80. The lowest BCUT2D eigenvalue weighted by Gasteiger charge is -2.02. The lowest BCUT2D eigenvalue weighted by molar-refractivity contribution is 0.121. The average molecular weight is 233 g/mol. The zero-order valence-corrected chi connectivity index (χ0v) is 10.4. The van der Waals surface area contributed by atoms with Gasteiger partial charge in [0.25, 0.3) is 0 Å². The first-order valence-electron chi connectivity index (χ1n) is 6.02. The van der Waals surface area contributed by atoms with Gasteiger partial charge in [-0.15, -0.1) is 0 Å². The first kappa shape index (κ1) is 12.1. The lowest BCUT2D eigenvalue weighted by atomic mass is 10.2. The van der Waals surface area contributed by atoms with Gasteiger partial charge in [-0.3, -0.25) is 4.68 Å². The van der Waals surface area contributed by atoms with Crippen molar-refractivity contribution in [1.29, 1.82) is 0 Å². The zero-order chi connectivity index (χ0) is 12.1. The third-order valence-electron chi connectivity index (χ3n) is 2.75. The minimum Gasteiger partial charge on any atom is -0.374 e. The van der Waals surface area contributed by atoms with E-state index in [0.717, 1.165) is 30.9 Å². The molecule has 4 nitrogen and oxygen atoms in total. The van der Waals surface area contributed by atoms with E-state index in [2.05, 4.69) is 29.5 Å². The SMILES string of the molecule is CCNCCOCc1nn(C)c2ccccc12. The standard InChI is InChI=1S/C13H19N3O/c1-3-14-8-9-17-10-12-11-6-4-5-7-13(11)16(2)15-12/h4-7,14H,3,8-10H2,1-2H3. The van der Waals surface area contributed by atoms with Crippen LogP contribution in [-0.4, -0.2) is 29.5 Å². The molecule has 0 aliphatic carbocycles. The minimum atomic E-state index is 0.576. The Morgan fingerprint density at radius 1 is 1.35 bits per heavy atom. The van der Waals surface area contributed by atoms with Crippen molar-refractivity contribution >= 4 is 10.9 Å². The first-order chi connectivity index (χ1) is 8.33. The number of likely N-dealkylation sites (N-methyl/N-ethyl adjacent to an activating group) is 1. The maximum atomic E-state index is 5.60. The number of ether oxygens (including phenoxy) is 1. The predicted octanol–water partition coefficient (Wildman–Crippen LogP) is 1.70. The van der Waals surface area contributed by atoms with Crippen molar-refractivity contribution in [3.8, 4) is 0 Å². The Morgan fingerprint density at radius 2 is 2.18 bits per heavy atom. The summed E-state index contributed by atoms with van der Waals surface area (Å²) in [6, 6.07) is 8.22. The van der Waals surface area contributed by atoms with Crippen LogP contribution in [0.3, 0.4) is 0 Å². The number of para-hydroxylation sites is 1. The summed E-state index contributed by atoms with van der Waals surface area (Å²) in [6.45, 7) is 5.26. The summed E-state index contributed by atoms with van der Waals surface area (Å²) < 4.78 is 7.51. The number of benzene rings is 1. The molecule has 0 atom stereocenters. The van der Waals surface area contributed by atoms with Crippen LogP contribution in [0, 0.1) is 0 Å². The van der Waals surface area contributed by atoms with E-state index < -0.39 is 0 Å². The van der Waals surface area contributed by atoms with Crippen LogP contribution in [0.5, 0.6) is 0 Å². The monoisotopic (exact) mass is 233 g/mol. The third kappa shape index (κ3) is 2.84. The van der Waals surface area contributed by atoms with Crippen LogP contribution in [0.2, 0.25) is 0 Å². The Bertz CT molecular complexity index is 478. The molecule has 92 valence electrons. The van der Waals surface area contributed by atoms with E-state index >= 15 is 0 Å². The molecule has 0 unspecified atom stereocenters. The fourth-order valence-electron chi connectivity index (χ4n) is 1.89. The number of hydrogen-bond donors (Lipinski definition) is 1. The Balaban J connectivity index is 1.99. The molecule has 0 spiro atoms. The summed E-state index contributed by atoms with van der Waals surface area (Å²) in [5, 5.41) is 8.88. The number of nitrogens with one attached hydrogen (secondary N) is 1. The van der Waals surface area contributed by atoms with Crippen LogP contribution in [0.1, 0.15) is 12.6 Å². The largest absolute Gasteiger partial charge is 0.374 e. The highest BCUT2D eigenvalue weighted by molar-refractivity contribution is 5.81. The molecule has 1 heterocycles. The maximum Gasteiger partial charge on any atom is 0.0960 e. The van der Waals surface area contributed by atoms with E-state index in [4.69, 9.17) is 4.74 Å². The summed E-state index contributed by atoms with van der Waals surface area (Å²) in [5.41, 5.74) is 2.16. The molecule has 1 aromatic carbocycles. The number of rotatable bonds is 6. The normalized spacial score (nSPS) is 11.2. The van der Waals surface area contributed by atoms with E-state index in [9.17, 15) is 0 Å². The topological polar surface area (TPSA) is 39.1 Å². The van der Waals surface area contributed by atoms with Gasteiger partial charge in [-0.1, -0.05) is 25.1 Å². The Morgan fingerprint density at radius 3 is 3.00 bits per heavy atom. The molecule has 2 rings (SSSR count). The number of fused-ring (bicyclic) bond motifs is 1. The fraction of sp³-hybridized carbons (Fsp3) is 0.462. The van der Waals surface area contributed by atoms with Gasteiger partial charge in [0.15, 0.2) is 0 Å². The van der Waals surface area contributed by atoms with Crippen molar-refractivity contribution in [1.82, 2.24) is 15.1 Å². The molecule has 0 aliphatic heterocycles. The quantitative estimate of drug-likeness (QED) is 0.772. The van der Waals surface area contributed by atoms with E-state index in [1.165, 1.54) is 5.39 Å². The molecule has 0 amide bonds. The molecule has 0 radical (unpaired) electrons. The predicted molar refractivity (Wildman–Crippen MR) is 68.9 cm³/mol. The maximum absolute atomic E-state index is 5.60. The molecule has 1 aromatic heterocycles. The highest BCUT2D eigenvalue weighted by Gasteiger charge is 2.07. The van der Waals surface area contributed by atoms with Gasteiger partial charge < -0.3 is 10.1 Å². The molecule has 0 aliphatic rings. The molecular weight excluding hydrogens is 214 g/mol. The zero-order valence-electron chi connectivity index (χ0n) is 10.4. The average Bonchev–Trinajstić information content (AvgIpc) is 2.67. The van der Waals surface area contributed by atoms with Crippen molar-refractivity contribution in [3.05, 3.63) is 30.0 Å². The van der Waals surface area contributed by atoms with Gasteiger partial charge in [-0.2, -0.15) is 5.10 Å². The van der Waals surface area contributed by atoms with Crippen LogP contribution < -0.4 is 5.32 Å². The molecule has 0 fully saturated rings. The second-order valence-corrected chi connectivity index (χ2v) is 3.99. The van der Waals surface area contributed by atoms with Crippen LogP contribution in [0.15, 0.2) is 24.3 Å². The first-order valence-corrected chi connectivity index (χ1v) is 6.02. The smallest absolute Gasteiger partial charge is 0.0960 e. The van der Waals surface area contributed by atoms with Gasteiger partial charge in [-0.25, -0.2) is 0 Å². The lowest BCUT2D eigenvalue weighted by Crippen LogP contribution is -2.18. The molecule has 1 N–H and O–H groups in total. The van der Waals surface area contributed by atoms with Crippen LogP contribution in [0.25, 0.3) is 10.9 Å². The number of aromatic nitrogens is 2. The molecule has 17 heavy (non-hydrogen) atoms. The molecule has 0 bridgehead atoms. The summed E-state index contributed by atoms with van der Waals surface area (Å²) in [7, 11) is 1.96. The Kier molecular flexibility index (Phi) is 4.12. The highest BCUT2D eigenvalue weighted by Crippen LogP contribution is 2.17. The molecule has 0 saturated heterocycles. The van der Waals surface area contributed by atoms with Crippen LogP contribution >= 0.6 is 0 Å². The fourth-order valence-corrected chi connectivity index (χ4v) is 1.89. The molecule has 0 saturated carbocycles. The number of aryl methyl sites for hydroxylation is 1. The number of nitrogens with zero attached hydrogens (tertiary/aromatic N) is 2. The van der Waals surface area contributed by atoms with Crippen molar-refractivity contribution in [2.24, 2.45) is 7.05 Å². The van der Waals surface area contributed by atoms with Crippen molar-refractivity contribution in [3.63, 3.8) is 0 Å². The second-order valence-electron chi connectivity index (χ2n) is 3.99. The van der Waals surface area contributed by atoms with Gasteiger partial charge in [0.05, 0.1) is 24.4 Å². The van der Waals surface area contributed by atoms with Gasteiger partial charge in [0.2, 0.25) is 0 Å². The Hall–Kier alpha value is -1.39. The van der Waals surface area contributed by atoms with Gasteiger partial charge in [-0.05, 0) is 12.6 Å². The van der Waals surface area contributed by atoms with Gasteiger partial charge >= 0.3 is 0 Å². The number of hydrogen-bond acceptors (Lipinski definition) is 3. The van der Waals surface area contributed by atoms with Crippen LogP contribution in [0.4, 0.5) is 0 Å². The van der Waals surface area contributed by atoms with E-state index in [0.29, 0.717) is 6.61 Å². The summed E-state index contributed by atoms with van der Waals surface area (Å²) in [5.74, 6) is 0.